The predicted octanol–water partition coefficient (Wildman–Crippen LogP) is 3.94. The van der Waals surface area contributed by atoms with E-state index in [4.69, 9.17) is 0 Å². The first kappa shape index (κ1) is 15.9. The molecule has 3 aliphatic rings. The second-order valence-corrected chi connectivity index (χ2v) is 8.07. The van der Waals surface area contributed by atoms with Crippen LogP contribution >= 0.6 is 0 Å². The Morgan fingerprint density at radius 1 is 1.08 bits per heavy atom. The molecule has 0 bridgehead atoms. The van der Waals surface area contributed by atoms with Gasteiger partial charge in [0, 0.05) is 11.8 Å². The van der Waals surface area contributed by atoms with Crippen LogP contribution in [0.3, 0.4) is 0 Å². The van der Waals surface area contributed by atoms with Gasteiger partial charge in [-0.25, -0.2) is 8.78 Å². The van der Waals surface area contributed by atoms with E-state index < -0.39 is 16.8 Å². The summed E-state index contributed by atoms with van der Waals surface area (Å²) in [5, 5.41) is 19.7. The third-order valence-electron chi connectivity index (χ3n) is 7.27. The normalized spacial score (nSPS) is 39.6. The quantitative estimate of drug-likeness (QED) is 0.603. The molecule has 3 nitrogen and oxygen atoms in total. The van der Waals surface area contributed by atoms with Crippen LogP contribution in [0.5, 0.6) is 11.5 Å². The minimum absolute atomic E-state index is 0.104. The largest absolute Gasteiger partial charge is 0.504 e. The molecule has 2 fully saturated rings. The lowest BCUT2D eigenvalue weighted by Gasteiger charge is -2.54. The van der Waals surface area contributed by atoms with E-state index in [1.807, 2.05) is 0 Å². The van der Waals surface area contributed by atoms with E-state index in [1.54, 1.807) is 6.92 Å². The molecule has 24 heavy (non-hydrogen) atoms. The summed E-state index contributed by atoms with van der Waals surface area (Å²) in [6, 6.07) is 2.99. The van der Waals surface area contributed by atoms with E-state index in [9.17, 15) is 23.8 Å². The van der Waals surface area contributed by atoms with Gasteiger partial charge in [0.25, 0.3) is 5.92 Å². The number of aldehydes is 1. The van der Waals surface area contributed by atoms with Crippen molar-refractivity contribution in [1.82, 2.24) is 0 Å². The van der Waals surface area contributed by atoms with Gasteiger partial charge in [0.1, 0.15) is 6.29 Å². The van der Waals surface area contributed by atoms with E-state index in [0.717, 1.165) is 17.4 Å². The van der Waals surface area contributed by atoms with Crippen molar-refractivity contribution in [1.29, 1.82) is 0 Å². The molecule has 0 radical (unpaired) electrons. The fraction of sp³-hybridized carbons (Fsp3) is 0.632. The molecule has 2 N–H and O–H groups in total. The smallest absolute Gasteiger partial charge is 0.253 e. The number of fused-ring (bicyclic) bond motifs is 5. The lowest BCUT2D eigenvalue weighted by Crippen LogP contribution is -2.55. The summed E-state index contributed by atoms with van der Waals surface area (Å²) in [5.41, 5.74) is -0.285. The minimum atomic E-state index is -2.68. The Morgan fingerprint density at radius 3 is 2.50 bits per heavy atom. The number of phenols is 2. The van der Waals surface area contributed by atoms with E-state index in [2.05, 4.69) is 0 Å². The number of benzene rings is 1. The zero-order valence-electron chi connectivity index (χ0n) is 13.7. The van der Waals surface area contributed by atoms with Gasteiger partial charge in [-0.2, -0.15) is 0 Å². The van der Waals surface area contributed by atoms with Gasteiger partial charge in [-0.1, -0.05) is 6.92 Å². The number of aromatic hydroxyl groups is 2. The highest BCUT2D eigenvalue weighted by Gasteiger charge is 2.67. The van der Waals surface area contributed by atoms with Crippen molar-refractivity contribution in [3.8, 4) is 11.5 Å². The standard InChI is InChI=1S/C19H22F2O3/c1-17-6-7-18(10-22)13(12(17)4-5-19(17,20)21)3-2-11-8-15(23)16(24)9-14(11)18/h8-10,12-13,23-24H,2-7H2,1H3/t12-,13-,17-,18?/m0/s1. The van der Waals surface area contributed by atoms with Crippen molar-refractivity contribution in [2.24, 2.45) is 17.3 Å². The van der Waals surface area contributed by atoms with Crippen molar-refractivity contribution >= 4 is 6.29 Å². The third-order valence-corrected chi connectivity index (χ3v) is 7.27. The Labute approximate surface area is 139 Å². The van der Waals surface area contributed by atoms with Crippen molar-refractivity contribution < 1.29 is 23.8 Å². The minimum Gasteiger partial charge on any atom is -0.504 e. The molecular weight excluding hydrogens is 314 g/mol. The molecule has 0 spiro atoms. The van der Waals surface area contributed by atoms with Gasteiger partial charge < -0.3 is 15.0 Å². The zero-order chi connectivity index (χ0) is 17.3. The van der Waals surface area contributed by atoms with Crippen molar-refractivity contribution in [2.45, 2.75) is 56.8 Å². The molecule has 0 amide bonds. The first-order valence-corrected chi connectivity index (χ1v) is 8.65. The highest BCUT2D eigenvalue weighted by molar-refractivity contribution is 5.73. The van der Waals surface area contributed by atoms with Crippen LogP contribution in [0.25, 0.3) is 0 Å². The molecule has 0 saturated heterocycles. The molecule has 0 aliphatic heterocycles. The summed E-state index contributed by atoms with van der Waals surface area (Å²) in [4.78, 5) is 12.2. The number of carbonyl (C=O) groups is 1. The molecule has 4 rings (SSSR count). The maximum atomic E-state index is 14.5. The van der Waals surface area contributed by atoms with E-state index in [-0.39, 0.29) is 29.8 Å². The van der Waals surface area contributed by atoms with Crippen LogP contribution in [0.15, 0.2) is 12.1 Å². The topological polar surface area (TPSA) is 57.5 Å². The average molecular weight is 336 g/mol. The summed E-state index contributed by atoms with van der Waals surface area (Å²) < 4.78 is 29.0. The monoisotopic (exact) mass is 336 g/mol. The Kier molecular flexibility index (Phi) is 3.11. The van der Waals surface area contributed by atoms with Crippen LogP contribution in [-0.2, 0) is 16.6 Å². The second kappa shape index (κ2) is 4.70. The first-order chi connectivity index (χ1) is 11.2. The maximum absolute atomic E-state index is 14.5. The van der Waals surface area contributed by atoms with Gasteiger partial charge >= 0.3 is 0 Å². The van der Waals surface area contributed by atoms with Crippen LogP contribution in [-0.4, -0.2) is 22.4 Å². The Morgan fingerprint density at radius 2 is 1.79 bits per heavy atom. The molecule has 130 valence electrons. The van der Waals surface area contributed by atoms with Gasteiger partial charge in [-0.15, -0.1) is 0 Å². The van der Waals surface area contributed by atoms with Crippen LogP contribution in [0.2, 0.25) is 0 Å². The fourth-order valence-electron chi connectivity index (χ4n) is 5.81. The number of aryl methyl sites for hydroxylation is 1. The maximum Gasteiger partial charge on any atom is 0.253 e. The number of phenolic OH excluding ortho intramolecular Hbond substituents is 2. The van der Waals surface area contributed by atoms with Crippen molar-refractivity contribution in [3.63, 3.8) is 0 Å². The Balaban J connectivity index is 1.85. The lowest BCUT2D eigenvalue weighted by atomic mass is 9.49. The Bertz CT molecular complexity index is 717. The van der Waals surface area contributed by atoms with Gasteiger partial charge in [0.2, 0.25) is 0 Å². The van der Waals surface area contributed by atoms with Gasteiger partial charge in [-0.3, -0.25) is 0 Å². The molecule has 5 heteroatoms. The zero-order valence-corrected chi connectivity index (χ0v) is 13.7. The number of hydrogen-bond donors (Lipinski definition) is 2. The van der Waals surface area contributed by atoms with Crippen LogP contribution in [0.1, 0.15) is 50.2 Å². The first-order valence-electron chi connectivity index (χ1n) is 8.65. The van der Waals surface area contributed by atoms with Crippen molar-refractivity contribution in [3.05, 3.63) is 23.3 Å². The highest BCUT2D eigenvalue weighted by Crippen LogP contribution is 2.67. The number of alkyl halides is 2. The Hall–Kier alpha value is -1.65. The van der Waals surface area contributed by atoms with Gasteiger partial charge in [0.05, 0.1) is 5.41 Å². The molecule has 2 saturated carbocycles. The lowest BCUT2D eigenvalue weighted by molar-refractivity contribution is -0.149. The predicted molar refractivity (Wildman–Crippen MR) is 84.3 cm³/mol. The van der Waals surface area contributed by atoms with Crippen molar-refractivity contribution in [2.75, 3.05) is 0 Å². The highest BCUT2D eigenvalue weighted by atomic mass is 19.3. The number of hydrogen-bond acceptors (Lipinski definition) is 3. The van der Waals surface area contributed by atoms with E-state index >= 15 is 0 Å². The average Bonchev–Trinajstić information content (AvgIpc) is 2.78. The second-order valence-electron chi connectivity index (χ2n) is 8.07. The van der Waals surface area contributed by atoms with Gasteiger partial charge in [0.15, 0.2) is 11.5 Å². The summed E-state index contributed by atoms with van der Waals surface area (Å²) in [6.45, 7) is 1.68. The van der Waals surface area contributed by atoms with Crippen LogP contribution < -0.4 is 0 Å². The summed E-state index contributed by atoms with van der Waals surface area (Å²) >= 11 is 0. The van der Waals surface area contributed by atoms with E-state index in [0.29, 0.717) is 32.1 Å². The fourth-order valence-corrected chi connectivity index (χ4v) is 5.81. The summed E-state index contributed by atoms with van der Waals surface area (Å²) in [7, 11) is 0. The van der Waals surface area contributed by atoms with Crippen LogP contribution in [0.4, 0.5) is 8.78 Å². The van der Waals surface area contributed by atoms with Gasteiger partial charge in [-0.05, 0) is 67.2 Å². The SMILES string of the molecule is C[C@]12CCC3(C=O)c4cc(O)c(O)cc4CC[C@H]3[C@@H]1CCC2(F)F. The molecule has 3 aliphatic carbocycles. The summed E-state index contributed by atoms with van der Waals surface area (Å²) in [6.07, 6.45) is 3.26. The molecule has 1 unspecified atom stereocenters. The van der Waals surface area contributed by atoms with E-state index in [1.165, 1.54) is 12.1 Å². The molecule has 1 aromatic carbocycles. The number of rotatable bonds is 1. The molecule has 1 aromatic rings. The third kappa shape index (κ3) is 1.73. The molecule has 0 heterocycles. The summed E-state index contributed by atoms with van der Waals surface area (Å²) in [5.74, 6) is -3.43. The molecule has 4 atom stereocenters. The number of carbonyl (C=O) groups excluding carboxylic acids is 1. The van der Waals surface area contributed by atoms with Crippen LogP contribution in [0, 0.1) is 17.3 Å². The molecule has 0 aromatic heterocycles. The molecular formula is C19H22F2O3. The number of halogens is 2.